The SMILES string of the molecule is CCOC(=O)C[C@H]1[NH2+]CCc2c1[nH]c1ccc(OC)cc21. The first kappa shape index (κ1) is 13.9. The fourth-order valence-electron chi connectivity index (χ4n) is 3.09. The van der Waals surface area contributed by atoms with E-state index in [1.54, 1.807) is 7.11 Å². The Labute approximate surface area is 123 Å². The maximum absolute atomic E-state index is 11.8. The van der Waals surface area contributed by atoms with Crippen LogP contribution >= 0.6 is 0 Å². The summed E-state index contributed by atoms with van der Waals surface area (Å²) in [5.41, 5.74) is 3.56. The first-order valence-corrected chi connectivity index (χ1v) is 7.40. The van der Waals surface area contributed by atoms with Gasteiger partial charge in [-0.15, -0.1) is 0 Å². The molecule has 0 saturated heterocycles. The fraction of sp³-hybridized carbons (Fsp3) is 0.438. The van der Waals surface area contributed by atoms with Gasteiger partial charge in [0.15, 0.2) is 0 Å². The van der Waals surface area contributed by atoms with E-state index in [0.29, 0.717) is 13.0 Å². The molecule has 0 spiro atoms. The molecule has 5 nitrogen and oxygen atoms in total. The molecule has 1 aromatic heterocycles. The lowest BCUT2D eigenvalue weighted by atomic mass is 9.97. The summed E-state index contributed by atoms with van der Waals surface area (Å²) < 4.78 is 10.4. The van der Waals surface area contributed by atoms with E-state index in [4.69, 9.17) is 9.47 Å². The minimum atomic E-state index is -0.136. The monoisotopic (exact) mass is 289 g/mol. The summed E-state index contributed by atoms with van der Waals surface area (Å²) in [5.74, 6) is 0.726. The molecule has 1 aromatic carbocycles. The van der Waals surface area contributed by atoms with Crippen LogP contribution in [0.15, 0.2) is 18.2 Å². The van der Waals surface area contributed by atoms with Crippen LogP contribution in [0, 0.1) is 0 Å². The van der Waals surface area contributed by atoms with Crippen molar-refractivity contribution in [2.24, 2.45) is 0 Å². The molecule has 0 saturated carbocycles. The van der Waals surface area contributed by atoms with E-state index in [-0.39, 0.29) is 12.0 Å². The van der Waals surface area contributed by atoms with Crippen molar-refractivity contribution >= 4 is 16.9 Å². The molecule has 112 valence electrons. The number of hydrogen-bond acceptors (Lipinski definition) is 3. The van der Waals surface area contributed by atoms with Gasteiger partial charge in [0.05, 0.1) is 26.0 Å². The van der Waals surface area contributed by atoms with Crippen molar-refractivity contribution in [3.8, 4) is 5.75 Å². The van der Waals surface area contributed by atoms with Crippen LogP contribution in [0.3, 0.4) is 0 Å². The van der Waals surface area contributed by atoms with Crippen molar-refractivity contribution in [1.29, 1.82) is 0 Å². The number of H-pyrrole nitrogens is 1. The van der Waals surface area contributed by atoms with Crippen LogP contribution in [-0.2, 0) is 16.0 Å². The number of esters is 1. The predicted octanol–water partition coefficient (Wildman–Crippen LogP) is 1.29. The molecule has 0 fully saturated rings. The van der Waals surface area contributed by atoms with Crippen molar-refractivity contribution in [3.05, 3.63) is 29.5 Å². The largest absolute Gasteiger partial charge is 0.497 e. The van der Waals surface area contributed by atoms with Gasteiger partial charge in [0, 0.05) is 17.3 Å². The number of carbonyl (C=O) groups excluding carboxylic acids is 1. The molecule has 0 amide bonds. The summed E-state index contributed by atoms with van der Waals surface area (Å²) in [5, 5.41) is 3.41. The smallest absolute Gasteiger partial charge is 0.312 e. The molecule has 0 radical (unpaired) electrons. The molecular formula is C16H21N2O3+. The molecule has 1 aliphatic rings. The fourth-order valence-corrected chi connectivity index (χ4v) is 3.09. The van der Waals surface area contributed by atoms with Crippen molar-refractivity contribution in [2.45, 2.75) is 25.8 Å². The lowest BCUT2D eigenvalue weighted by Crippen LogP contribution is -2.87. The number of hydrogen-bond donors (Lipinski definition) is 2. The molecule has 2 aromatic rings. The molecule has 0 bridgehead atoms. The van der Waals surface area contributed by atoms with Crippen LogP contribution in [0.1, 0.15) is 30.6 Å². The number of quaternary nitrogens is 1. The van der Waals surface area contributed by atoms with Gasteiger partial charge >= 0.3 is 5.97 Å². The third-order valence-electron chi connectivity index (χ3n) is 4.05. The van der Waals surface area contributed by atoms with Crippen LogP contribution in [-0.4, -0.2) is 31.2 Å². The Morgan fingerprint density at radius 3 is 3.10 bits per heavy atom. The number of aromatic nitrogens is 1. The number of benzene rings is 1. The van der Waals surface area contributed by atoms with Gasteiger partial charge in [-0.1, -0.05) is 0 Å². The molecule has 0 aliphatic carbocycles. The molecule has 1 atom stereocenters. The molecule has 21 heavy (non-hydrogen) atoms. The van der Waals surface area contributed by atoms with Gasteiger partial charge < -0.3 is 19.8 Å². The van der Waals surface area contributed by atoms with Gasteiger partial charge in [0.1, 0.15) is 18.2 Å². The zero-order valence-corrected chi connectivity index (χ0v) is 12.4. The number of fused-ring (bicyclic) bond motifs is 3. The Morgan fingerprint density at radius 1 is 1.48 bits per heavy atom. The zero-order valence-electron chi connectivity index (χ0n) is 12.4. The lowest BCUT2D eigenvalue weighted by molar-refractivity contribution is -0.698. The Balaban J connectivity index is 1.96. The normalized spacial score (nSPS) is 17.5. The Bertz CT molecular complexity index is 663. The molecule has 3 rings (SSSR count). The maximum Gasteiger partial charge on any atom is 0.312 e. The Hall–Kier alpha value is -2.01. The molecule has 2 heterocycles. The second-order valence-electron chi connectivity index (χ2n) is 5.32. The van der Waals surface area contributed by atoms with Gasteiger partial charge in [-0.2, -0.15) is 0 Å². The third-order valence-corrected chi connectivity index (χ3v) is 4.05. The highest BCUT2D eigenvalue weighted by Crippen LogP contribution is 2.31. The van der Waals surface area contributed by atoms with E-state index in [1.807, 2.05) is 19.1 Å². The summed E-state index contributed by atoms with van der Waals surface area (Å²) in [6.45, 7) is 3.26. The van der Waals surface area contributed by atoms with E-state index in [0.717, 1.165) is 29.9 Å². The summed E-state index contributed by atoms with van der Waals surface area (Å²) >= 11 is 0. The minimum Gasteiger partial charge on any atom is -0.497 e. The first-order valence-electron chi connectivity index (χ1n) is 7.40. The van der Waals surface area contributed by atoms with Gasteiger partial charge in [-0.3, -0.25) is 4.79 Å². The van der Waals surface area contributed by atoms with Crippen LogP contribution in [0.2, 0.25) is 0 Å². The summed E-state index contributed by atoms with van der Waals surface area (Å²) in [4.78, 5) is 15.2. The zero-order chi connectivity index (χ0) is 14.8. The molecule has 3 N–H and O–H groups in total. The van der Waals surface area contributed by atoms with E-state index in [1.165, 1.54) is 10.9 Å². The molecule has 1 aliphatic heterocycles. The quantitative estimate of drug-likeness (QED) is 0.833. The average molecular weight is 289 g/mol. The van der Waals surface area contributed by atoms with E-state index in [9.17, 15) is 4.79 Å². The summed E-state index contributed by atoms with van der Waals surface area (Å²) in [6.07, 6.45) is 1.41. The summed E-state index contributed by atoms with van der Waals surface area (Å²) in [6, 6.07) is 6.17. The lowest BCUT2D eigenvalue weighted by Gasteiger charge is -2.20. The molecule has 5 heteroatoms. The van der Waals surface area contributed by atoms with Gasteiger partial charge in [-0.25, -0.2) is 0 Å². The molecule has 0 unspecified atom stereocenters. The molecular weight excluding hydrogens is 268 g/mol. The standard InChI is InChI=1S/C16H20N2O3/c1-3-21-15(19)9-14-16-11(6-7-17-14)12-8-10(20-2)4-5-13(12)18-16/h4-5,8,14,17-18H,3,6-7,9H2,1-2H3/p+1/t14-/m1/s1. The van der Waals surface area contributed by atoms with E-state index in [2.05, 4.69) is 16.4 Å². The van der Waals surface area contributed by atoms with Crippen molar-refractivity contribution < 1.29 is 19.6 Å². The van der Waals surface area contributed by atoms with Crippen LogP contribution in [0.4, 0.5) is 0 Å². The number of nitrogens with one attached hydrogen (secondary N) is 1. The summed E-state index contributed by atoms with van der Waals surface area (Å²) in [7, 11) is 1.68. The van der Waals surface area contributed by atoms with Crippen LogP contribution in [0.25, 0.3) is 10.9 Å². The van der Waals surface area contributed by atoms with Gasteiger partial charge in [-0.05, 0) is 30.7 Å². The Morgan fingerprint density at radius 2 is 2.33 bits per heavy atom. The van der Waals surface area contributed by atoms with Gasteiger partial charge in [0.2, 0.25) is 0 Å². The van der Waals surface area contributed by atoms with Gasteiger partial charge in [0.25, 0.3) is 0 Å². The van der Waals surface area contributed by atoms with Crippen molar-refractivity contribution in [2.75, 3.05) is 20.3 Å². The maximum atomic E-state index is 11.8. The van der Waals surface area contributed by atoms with E-state index >= 15 is 0 Å². The van der Waals surface area contributed by atoms with E-state index < -0.39 is 0 Å². The average Bonchev–Trinajstić information content (AvgIpc) is 2.86. The number of rotatable bonds is 4. The van der Waals surface area contributed by atoms with Crippen LogP contribution in [0.5, 0.6) is 5.75 Å². The second-order valence-corrected chi connectivity index (χ2v) is 5.32. The van der Waals surface area contributed by atoms with Crippen LogP contribution < -0.4 is 10.1 Å². The minimum absolute atomic E-state index is 0.117. The van der Waals surface area contributed by atoms with Crippen molar-refractivity contribution in [1.82, 2.24) is 4.98 Å². The highest BCUT2D eigenvalue weighted by molar-refractivity contribution is 5.86. The van der Waals surface area contributed by atoms with Crippen molar-refractivity contribution in [3.63, 3.8) is 0 Å². The highest BCUT2D eigenvalue weighted by atomic mass is 16.5. The first-order chi connectivity index (χ1) is 10.2. The number of aromatic amines is 1. The Kier molecular flexibility index (Phi) is 3.84. The number of methoxy groups -OCH3 is 1. The topological polar surface area (TPSA) is 67.9 Å². The highest BCUT2D eigenvalue weighted by Gasteiger charge is 2.29. The number of carbonyl (C=O) groups is 1. The predicted molar refractivity (Wildman–Crippen MR) is 79.3 cm³/mol. The number of ether oxygens (including phenoxy) is 2. The second kappa shape index (κ2) is 5.77. The number of nitrogens with two attached hydrogens (primary N) is 1. The third kappa shape index (κ3) is 2.61.